The molecule has 2 aliphatic heterocycles. The summed E-state index contributed by atoms with van der Waals surface area (Å²) in [5, 5.41) is 4.83. The zero-order valence-electron chi connectivity index (χ0n) is 16.6. The van der Waals surface area contributed by atoms with E-state index in [1.165, 1.54) is 7.11 Å². The molecule has 1 fully saturated rings. The second kappa shape index (κ2) is 10.2. The van der Waals surface area contributed by atoms with Crippen LogP contribution < -0.4 is 20.1 Å². The Morgan fingerprint density at radius 3 is 2.59 bits per heavy atom. The smallest absolute Gasteiger partial charge is 0.321 e. The summed E-state index contributed by atoms with van der Waals surface area (Å²) in [6.07, 6.45) is 1.33. The van der Waals surface area contributed by atoms with E-state index in [2.05, 4.69) is 10.6 Å². The Balaban J connectivity index is 1.43. The molecule has 0 aliphatic carbocycles. The number of imide groups is 1. The third-order valence-corrected chi connectivity index (χ3v) is 5.00. The number of nitrogens with zero attached hydrogens (tertiary/aromatic N) is 1. The second-order valence-electron chi connectivity index (χ2n) is 7.07. The summed E-state index contributed by atoms with van der Waals surface area (Å²) in [6.45, 7) is 3.09. The highest BCUT2D eigenvalue weighted by atomic mass is 16.6. The SMILES string of the molecule is COCCNC(=O)NC(=O)CN1CCC(C(=O)c2ccc3c(c2)OCCO3)CC1. The first-order valence-electron chi connectivity index (χ1n) is 9.79. The summed E-state index contributed by atoms with van der Waals surface area (Å²) in [6, 6.07) is 4.77. The van der Waals surface area contributed by atoms with Crippen LogP contribution in [0.2, 0.25) is 0 Å². The van der Waals surface area contributed by atoms with Crippen LogP contribution in [0.3, 0.4) is 0 Å². The van der Waals surface area contributed by atoms with Gasteiger partial charge in [-0.15, -0.1) is 0 Å². The largest absolute Gasteiger partial charge is 0.486 e. The van der Waals surface area contributed by atoms with Crippen molar-refractivity contribution in [3.05, 3.63) is 23.8 Å². The first-order valence-corrected chi connectivity index (χ1v) is 9.79. The van der Waals surface area contributed by atoms with Crippen LogP contribution in [0.1, 0.15) is 23.2 Å². The first kappa shape index (κ1) is 21.1. The van der Waals surface area contributed by atoms with Crippen molar-refractivity contribution in [1.82, 2.24) is 15.5 Å². The van der Waals surface area contributed by atoms with Gasteiger partial charge in [0, 0.05) is 25.1 Å². The van der Waals surface area contributed by atoms with E-state index in [0.29, 0.717) is 69.4 Å². The maximum absolute atomic E-state index is 12.8. The number of likely N-dealkylation sites (tertiary alicyclic amines) is 1. The molecule has 2 aliphatic rings. The average Bonchev–Trinajstić information content (AvgIpc) is 2.73. The van der Waals surface area contributed by atoms with Crippen molar-refractivity contribution in [1.29, 1.82) is 0 Å². The van der Waals surface area contributed by atoms with E-state index in [0.717, 1.165) is 0 Å². The predicted molar refractivity (Wildman–Crippen MR) is 104 cm³/mol. The number of carbonyl (C=O) groups is 3. The Labute approximate surface area is 169 Å². The van der Waals surface area contributed by atoms with Crippen molar-refractivity contribution >= 4 is 17.7 Å². The number of nitrogens with one attached hydrogen (secondary N) is 2. The Bertz CT molecular complexity index is 746. The Kier molecular flexibility index (Phi) is 7.42. The quantitative estimate of drug-likeness (QED) is 0.511. The number of hydrogen-bond acceptors (Lipinski definition) is 7. The van der Waals surface area contributed by atoms with Gasteiger partial charge in [0.25, 0.3) is 0 Å². The number of carbonyl (C=O) groups excluding carboxylic acids is 3. The molecule has 2 N–H and O–H groups in total. The molecule has 2 heterocycles. The number of urea groups is 1. The van der Waals surface area contributed by atoms with Gasteiger partial charge < -0.3 is 19.5 Å². The van der Waals surface area contributed by atoms with Gasteiger partial charge in [0.1, 0.15) is 13.2 Å². The number of rotatable bonds is 7. The molecular weight excluding hydrogens is 378 g/mol. The van der Waals surface area contributed by atoms with Gasteiger partial charge in [-0.05, 0) is 44.1 Å². The van der Waals surface area contributed by atoms with E-state index in [1.54, 1.807) is 18.2 Å². The Hall–Kier alpha value is -2.65. The fourth-order valence-electron chi connectivity index (χ4n) is 3.47. The summed E-state index contributed by atoms with van der Waals surface area (Å²) in [5.74, 6) is 0.911. The number of piperidine rings is 1. The molecule has 0 spiro atoms. The normalized spacial score (nSPS) is 16.9. The lowest BCUT2D eigenvalue weighted by atomic mass is 9.88. The average molecular weight is 405 g/mol. The molecule has 3 amide bonds. The molecule has 0 aromatic heterocycles. The third kappa shape index (κ3) is 5.91. The molecule has 0 saturated carbocycles. The monoisotopic (exact) mass is 405 g/mol. The fourth-order valence-corrected chi connectivity index (χ4v) is 3.47. The molecular formula is C20H27N3O6. The molecule has 1 saturated heterocycles. The molecule has 0 bridgehead atoms. The van der Waals surface area contributed by atoms with Crippen molar-refractivity contribution in [3.8, 4) is 11.5 Å². The number of methoxy groups -OCH3 is 1. The van der Waals surface area contributed by atoms with Gasteiger partial charge in [-0.3, -0.25) is 19.8 Å². The van der Waals surface area contributed by atoms with Gasteiger partial charge >= 0.3 is 6.03 Å². The van der Waals surface area contributed by atoms with Crippen LogP contribution in [0.25, 0.3) is 0 Å². The minimum Gasteiger partial charge on any atom is -0.486 e. The minimum atomic E-state index is -0.532. The topological polar surface area (TPSA) is 106 Å². The van der Waals surface area contributed by atoms with Gasteiger partial charge in [0.05, 0.1) is 13.2 Å². The molecule has 158 valence electrons. The van der Waals surface area contributed by atoms with Crippen LogP contribution in [0.5, 0.6) is 11.5 Å². The van der Waals surface area contributed by atoms with Gasteiger partial charge in [-0.1, -0.05) is 0 Å². The highest BCUT2D eigenvalue weighted by Gasteiger charge is 2.27. The van der Waals surface area contributed by atoms with E-state index < -0.39 is 6.03 Å². The van der Waals surface area contributed by atoms with E-state index in [9.17, 15) is 14.4 Å². The number of amides is 3. The molecule has 0 unspecified atom stereocenters. The molecule has 9 nitrogen and oxygen atoms in total. The number of fused-ring (bicyclic) bond motifs is 1. The van der Waals surface area contributed by atoms with E-state index in [-0.39, 0.29) is 24.2 Å². The van der Waals surface area contributed by atoms with Crippen molar-refractivity contribution in [2.45, 2.75) is 12.8 Å². The predicted octanol–water partition coefficient (Wildman–Crippen LogP) is 0.825. The van der Waals surface area contributed by atoms with Gasteiger partial charge in [-0.25, -0.2) is 4.79 Å². The molecule has 0 atom stereocenters. The molecule has 1 aromatic carbocycles. The summed E-state index contributed by atoms with van der Waals surface area (Å²) in [4.78, 5) is 38.4. The second-order valence-corrected chi connectivity index (χ2v) is 7.07. The molecule has 29 heavy (non-hydrogen) atoms. The number of hydrogen-bond donors (Lipinski definition) is 2. The van der Waals surface area contributed by atoms with Crippen LogP contribution in [0, 0.1) is 5.92 Å². The number of Topliss-reactive ketones (excluding diaryl/α,β-unsaturated/α-hetero) is 1. The Morgan fingerprint density at radius 2 is 1.86 bits per heavy atom. The fraction of sp³-hybridized carbons (Fsp3) is 0.550. The van der Waals surface area contributed by atoms with Crippen LogP contribution in [-0.2, 0) is 9.53 Å². The summed E-state index contributed by atoms with van der Waals surface area (Å²) in [5.41, 5.74) is 0.623. The number of benzene rings is 1. The van der Waals surface area contributed by atoms with Crippen molar-refractivity contribution in [2.75, 3.05) is 53.1 Å². The lowest BCUT2D eigenvalue weighted by molar-refractivity contribution is -0.121. The van der Waals surface area contributed by atoms with E-state index in [1.807, 2.05) is 4.90 Å². The van der Waals surface area contributed by atoms with Crippen molar-refractivity contribution in [2.24, 2.45) is 5.92 Å². The van der Waals surface area contributed by atoms with E-state index >= 15 is 0 Å². The van der Waals surface area contributed by atoms with Crippen LogP contribution in [-0.4, -0.2) is 75.7 Å². The minimum absolute atomic E-state index is 0.0867. The summed E-state index contributed by atoms with van der Waals surface area (Å²) >= 11 is 0. The molecule has 3 rings (SSSR count). The lowest BCUT2D eigenvalue weighted by Gasteiger charge is -2.30. The Morgan fingerprint density at radius 1 is 1.14 bits per heavy atom. The molecule has 1 aromatic rings. The molecule has 9 heteroatoms. The van der Waals surface area contributed by atoms with Crippen molar-refractivity contribution < 1.29 is 28.6 Å². The first-order chi connectivity index (χ1) is 14.1. The lowest BCUT2D eigenvalue weighted by Crippen LogP contribution is -2.47. The highest BCUT2D eigenvalue weighted by molar-refractivity contribution is 5.98. The molecule has 0 radical (unpaired) electrons. The van der Waals surface area contributed by atoms with Crippen molar-refractivity contribution in [3.63, 3.8) is 0 Å². The van der Waals surface area contributed by atoms with E-state index in [4.69, 9.17) is 14.2 Å². The van der Waals surface area contributed by atoms with Crippen LogP contribution in [0.15, 0.2) is 18.2 Å². The zero-order chi connectivity index (χ0) is 20.6. The van der Waals surface area contributed by atoms with Gasteiger partial charge in [0.2, 0.25) is 5.91 Å². The number of ether oxygens (including phenoxy) is 3. The number of ketones is 1. The highest BCUT2D eigenvalue weighted by Crippen LogP contribution is 2.32. The maximum Gasteiger partial charge on any atom is 0.321 e. The third-order valence-electron chi connectivity index (χ3n) is 5.00. The standard InChI is InChI=1S/C20H27N3O6/c1-27-9-6-21-20(26)22-18(24)13-23-7-4-14(5-8-23)19(25)15-2-3-16-17(12-15)29-11-10-28-16/h2-3,12,14H,4-11,13H2,1H3,(H2,21,22,24,26). The maximum atomic E-state index is 12.8. The van der Waals surface area contributed by atoms with Gasteiger partial charge in [0.15, 0.2) is 17.3 Å². The zero-order valence-corrected chi connectivity index (χ0v) is 16.6. The van der Waals surface area contributed by atoms with Gasteiger partial charge in [-0.2, -0.15) is 0 Å². The summed E-state index contributed by atoms with van der Waals surface area (Å²) in [7, 11) is 1.53. The van der Waals surface area contributed by atoms with Crippen LogP contribution in [0.4, 0.5) is 4.79 Å². The summed E-state index contributed by atoms with van der Waals surface area (Å²) < 4.78 is 15.9. The van der Waals surface area contributed by atoms with Crippen LogP contribution >= 0.6 is 0 Å².